The minimum atomic E-state index is -0.978. The van der Waals surface area contributed by atoms with Crippen LogP contribution < -0.4 is 10.2 Å². The molecule has 0 aliphatic heterocycles. The van der Waals surface area contributed by atoms with Crippen LogP contribution >= 0.6 is 15.9 Å². The molecule has 0 saturated heterocycles. The normalized spacial score (nSPS) is 11.0. The molecule has 0 spiro atoms. The van der Waals surface area contributed by atoms with Crippen molar-refractivity contribution in [3.63, 3.8) is 0 Å². The van der Waals surface area contributed by atoms with Crippen molar-refractivity contribution in [1.82, 2.24) is 5.43 Å². The topological polar surface area (TPSA) is 101 Å². The number of carbonyl (C=O) groups excluding carboxylic acids is 1. The van der Waals surface area contributed by atoms with Crippen molar-refractivity contribution in [2.24, 2.45) is 5.10 Å². The zero-order valence-electron chi connectivity index (χ0n) is 16.6. The molecule has 0 fully saturated rings. The summed E-state index contributed by atoms with van der Waals surface area (Å²) in [5, 5.41) is 13.9. The number of hydrogen-bond donors (Lipinski definition) is 2. The van der Waals surface area contributed by atoms with Gasteiger partial charge >= 0.3 is 11.9 Å². The standard InChI is InChI=1S/C24H17BrN2O5/c25-19-9-10-20(31-14-15-5-7-16(8-6-15)24(29)30)18(11-19)13-26-27-23(28)22-12-17-3-1-2-4-21(17)32-22/h1-13H,14H2,(H,27,28)(H,29,30)/b26-13+. The largest absolute Gasteiger partial charge is 0.488 e. The second-order valence-corrected chi connectivity index (χ2v) is 7.74. The molecule has 1 heterocycles. The molecule has 4 rings (SSSR count). The SMILES string of the molecule is O=C(O)c1ccc(COc2ccc(Br)cc2/C=N/NC(=O)c2cc3ccccc3o2)cc1. The van der Waals surface area contributed by atoms with Crippen LogP contribution in [-0.4, -0.2) is 23.2 Å². The van der Waals surface area contributed by atoms with Crippen LogP contribution in [0.1, 0.15) is 32.0 Å². The van der Waals surface area contributed by atoms with Crippen LogP contribution in [0, 0.1) is 0 Å². The number of carboxylic acids is 1. The Labute approximate surface area is 191 Å². The van der Waals surface area contributed by atoms with E-state index in [4.69, 9.17) is 14.3 Å². The third-order valence-electron chi connectivity index (χ3n) is 4.59. The maximum absolute atomic E-state index is 12.3. The van der Waals surface area contributed by atoms with Crippen LogP contribution in [0.15, 0.2) is 86.8 Å². The molecule has 0 bridgehead atoms. The highest BCUT2D eigenvalue weighted by molar-refractivity contribution is 9.10. The summed E-state index contributed by atoms with van der Waals surface area (Å²) in [5.74, 6) is -0.724. The van der Waals surface area contributed by atoms with Crippen LogP contribution in [-0.2, 0) is 6.61 Å². The molecule has 160 valence electrons. The van der Waals surface area contributed by atoms with E-state index in [1.165, 1.54) is 18.3 Å². The first kappa shape index (κ1) is 21.3. The molecule has 2 N–H and O–H groups in total. The van der Waals surface area contributed by atoms with Gasteiger partial charge in [0, 0.05) is 15.4 Å². The fourth-order valence-electron chi connectivity index (χ4n) is 2.97. The van der Waals surface area contributed by atoms with Crippen molar-refractivity contribution in [2.75, 3.05) is 0 Å². The molecule has 0 unspecified atom stereocenters. The molecule has 0 radical (unpaired) electrons. The molecule has 8 heteroatoms. The van der Waals surface area contributed by atoms with Crippen molar-refractivity contribution >= 4 is 45.0 Å². The lowest BCUT2D eigenvalue weighted by atomic mass is 10.1. The zero-order valence-corrected chi connectivity index (χ0v) is 18.2. The Kier molecular flexibility index (Phi) is 6.32. The van der Waals surface area contributed by atoms with E-state index in [0.29, 0.717) is 16.9 Å². The fraction of sp³-hybridized carbons (Fsp3) is 0.0417. The number of carboxylic acid groups (broad SMARTS) is 1. The fourth-order valence-corrected chi connectivity index (χ4v) is 3.34. The van der Waals surface area contributed by atoms with E-state index in [2.05, 4.69) is 26.5 Å². The highest BCUT2D eigenvalue weighted by Crippen LogP contribution is 2.23. The van der Waals surface area contributed by atoms with Crippen molar-refractivity contribution in [3.05, 3.63) is 99.7 Å². The van der Waals surface area contributed by atoms with Crippen molar-refractivity contribution in [3.8, 4) is 5.75 Å². The number of amides is 1. The number of ether oxygens (including phenoxy) is 1. The second kappa shape index (κ2) is 9.49. The molecule has 3 aromatic carbocycles. The van der Waals surface area contributed by atoms with E-state index < -0.39 is 11.9 Å². The molecular formula is C24H17BrN2O5. The first-order valence-corrected chi connectivity index (χ1v) is 10.4. The van der Waals surface area contributed by atoms with Crippen molar-refractivity contribution < 1.29 is 23.8 Å². The second-order valence-electron chi connectivity index (χ2n) is 6.82. The Balaban J connectivity index is 1.43. The van der Waals surface area contributed by atoms with Gasteiger partial charge < -0.3 is 14.3 Å². The summed E-state index contributed by atoms with van der Waals surface area (Å²) >= 11 is 3.42. The van der Waals surface area contributed by atoms with Gasteiger partial charge in [-0.1, -0.05) is 46.3 Å². The smallest absolute Gasteiger partial charge is 0.335 e. The summed E-state index contributed by atoms with van der Waals surface area (Å²) in [7, 11) is 0. The van der Waals surface area contributed by atoms with Gasteiger partial charge in [0.15, 0.2) is 5.76 Å². The van der Waals surface area contributed by atoms with Gasteiger partial charge in [0.05, 0.1) is 11.8 Å². The minimum Gasteiger partial charge on any atom is -0.488 e. The van der Waals surface area contributed by atoms with Gasteiger partial charge in [-0.2, -0.15) is 5.10 Å². The molecule has 0 aliphatic carbocycles. The van der Waals surface area contributed by atoms with Crippen LogP contribution in [0.3, 0.4) is 0 Å². The molecule has 32 heavy (non-hydrogen) atoms. The van der Waals surface area contributed by atoms with Gasteiger partial charge in [0.25, 0.3) is 0 Å². The van der Waals surface area contributed by atoms with Gasteiger partial charge in [-0.25, -0.2) is 10.2 Å². The summed E-state index contributed by atoms with van der Waals surface area (Å²) in [6.07, 6.45) is 1.48. The number of hydrazone groups is 1. The third-order valence-corrected chi connectivity index (χ3v) is 5.08. The number of furan rings is 1. The maximum atomic E-state index is 12.3. The Morgan fingerprint density at radius 2 is 1.84 bits per heavy atom. The number of carbonyl (C=O) groups is 2. The number of aromatic carboxylic acids is 1. The number of halogens is 1. The molecule has 1 aromatic heterocycles. The Morgan fingerprint density at radius 3 is 2.59 bits per heavy atom. The first-order valence-electron chi connectivity index (χ1n) is 9.56. The highest BCUT2D eigenvalue weighted by Gasteiger charge is 2.11. The van der Waals surface area contributed by atoms with Gasteiger partial charge in [-0.15, -0.1) is 0 Å². The minimum absolute atomic E-state index is 0.166. The predicted octanol–water partition coefficient (Wildman–Crippen LogP) is 5.24. The monoisotopic (exact) mass is 492 g/mol. The van der Waals surface area contributed by atoms with Gasteiger partial charge in [-0.3, -0.25) is 4.79 Å². The number of hydrogen-bond acceptors (Lipinski definition) is 5. The number of para-hydroxylation sites is 1. The predicted molar refractivity (Wildman–Crippen MR) is 123 cm³/mol. The van der Waals surface area contributed by atoms with E-state index in [1.54, 1.807) is 36.4 Å². The molecule has 0 aliphatic rings. The summed E-state index contributed by atoms with van der Waals surface area (Å²) in [6.45, 7) is 0.244. The third kappa shape index (κ3) is 5.04. The number of nitrogens with one attached hydrogen (secondary N) is 1. The molecule has 1 amide bonds. The molecular weight excluding hydrogens is 476 g/mol. The average molecular weight is 493 g/mol. The lowest BCUT2D eigenvalue weighted by Gasteiger charge is -2.10. The Morgan fingerprint density at radius 1 is 1.06 bits per heavy atom. The molecule has 0 saturated carbocycles. The lowest BCUT2D eigenvalue weighted by Crippen LogP contribution is -2.16. The van der Waals surface area contributed by atoms with E-state index in [0.717, 1.165) is 15.4 Å². The van der Waals surface area contributed by atoms with Crippen LogP contribution in [0.4, 0.5) is 0 Å². The highest BCUT2D eigenvalue weighted by atomic mass is 79.9. The zero-order chi connectivity index (χ0) is 22.5. The lowest BCUT2D eigenvalue weighted by molar-refractivity contribution is 0.0696. The van der Waals surface area contributed by atoms with Crippen molar-refractivity contribution in [1.29, 1.82) is 0 Å². The summed E-state index contributed by atoms with van der Waals surface area (Å²) in [6, 6.07) is 20.9. The maximum Gasteiger partial charge on any atom is 0.335 e. The first-order chi connectivity index (χ1) is 15.5. The van der Waals surface area contributed by atoms with E-state index >= 15 is 0 Å². The van der Waals surface area contributed by atoms with Crippen LogP contribution in [0.2, 0.25) is 0 Å². The number of fused-ring (bicyclic) bond motifs is 1. The summed E-state index contributed by atoms with van der Waals surface area (Å²) in [5.41, 5.74) is 4.76. The van der Waals surface area contributed by atoms with Crippen molar-refractivity contribution in [2.45, 2.75) is 6.61 Å². The van der Waals surface area contributed by atoms with E-state index in [9.17, 15) is 9.59 Å². The molecule has 7 nitrogen and oxygen atoms in total. The number of nitrogens with zero attached hydrogens (tertiary/aromatic N) is 1. The van der Waals surface area contributed by atoms with Crippen LogP contribution in [0.25, 0.3) is 11.0 Å². The number of rotatable bonds is 7. The summed E-state index contributed by atoms with van der Waals surface area (Å²) < 4.78 is 12.2. The Hall–Kier alpha value is -3.91. The van der Waals surface area contributed by atoms with Gasteiger partial charge in [0.1, 0.15) is 17.9 Å². The summed E-state index contributed by atoms with van der Waals surface area (Å²) in [4.78, 5) is 23.3. The Bertz CT molecular complexity index is 1280. The van der Waals surface area contributed by atoms with Gasteiger partial charge in [-0.05, 0) is 48.0 Å². The van der Waals surface area contributed by atoms with E-state index in [-0.39, 0.29) is 17.9 Å². The molecule has 0 atom stereocenters. The van der Waals surface area contributed by atoms with E-state index in [1.807, 2.05) is 24.3 Å². The molecule has 4 aromatic rings. The number of benzene rings is 3. The average Bonchev–Trinajstić information content (AvgIpc) is 3.23. The van der Waals surface area contributed by atoms with Gasteiger partial charge in [0.2, 0.25) is 0 Å². The van der Waals surface area contributed by atoms with Crippen LogP contribution in [0.5, 0.6) is 5.75 Å². The quantitative estimate of drug-likeness (QED) is 0.271.